The number of amidine groups is 1. The predicted octanol–water partition coefficient (Wildman–Crippen LogP) is 1.54. The van der Waals surface area contributed by atoms with Gasteiger partial charge in [0.1, 0.15) is 10.7 Å². The molecular weight excluding hydrogens is 220 g/mol. The average Bonchev–Trinajstić information content (AvgIpc) is 2.60. The lowest BCUT2D eigenvalue weighted by molar-refractivity contribution is 0.0606. The van der Waals surface area contributed by atoms with Crippen LogP contribution in [-0.4, -0.2) is 25.2 Å². The van der Waals surface area contributed by atoms with Crippen molar-refractivity contribution in [3.8, 4) is 0 Å². The molecule has 0 atom stereocenters. The largest absolute Gasteiger partial charge is 0.465 e. The van der Waals surface area contributed by atoms with E-state index in [4.69, 9.17) is 11.1 Å². The summed E-state index contributed by atoms with van der Waals surface area (Å²) in [6, 6.07) is 1.59. The van der Waals surface area contributed by atoms with Crippen LogP contribution >= 0.6 is 23.1 Å². The molecule has 0 aliphatic rings. The second-order valence-corrected chi connectivity index (χ2v) is 4.55. The highest BCUT2D eigenvalue weighted by molar-refractivity contribution is 8.00. The van der Waals surface area contributed by atoms with Gasteiger partial charge in [-0.1, -0.05) is 0 Å². The fraction of sp³-hybridized carbons (Fsp3) is 0.250. The summed E-state index contributed by atoms with van der Waals surface area (Å²) >= 11 is 2.75. The number of carbonyl (C=O) groups excluding carboxylic acids is 1. The van der Waals surface area contributed by atoms with Gasteiger partial charge in [0.2, 0.25) is 0 Å². The Morgan fingerprint density at radius 3 is 2.71 bits per heavy atom. The van der Waals surface area contributed by atoms with E-state index in [2.05, 4.69) is 4.74 Å². The first kappa shape index (κ1) is 11.1. The second kappa shape index (κ2) is 4.47. The second-order valence-electron chi connectivity index (χ2n) is 2.42. The number of nitrogens with one attached hydrogen (secondary N) is 1. The molecule has 14 heavy (non-hydrogen) atoms. The zero-order valence-electron chi connectivity index (χ0n) is 7.79. The van der Waals surface area contributed by atoms with Crippen LogP contribution in [0.2, 0.25) is 0 Å². The summed E-state index contributed by atoms with van der Waals surface area (Å²) in [6.45, 7) is 0. The first-order chi connectivity index (χ1) is 6.60. The molecule has 0 bridgehead atoms. The molecule has 6 heteroatoms. The quantitative estimate of drug-likeness (QED) is 0.357. The fourth-order valence-electron chi connectivity index (χ4n) is 0.915. The van der Waals surface area contributed by atoms with Gasteiger partial charge in [0.25, 0.3) is 0 Å². The van der Waals surface area contributed by atoms with Crippen molar-refractivity contribution < 1.29 is 9.53 Å². The number of nitrogen functional groups attached to an aromatic ring is 1. The molecular formula is C8H10N2O2S2. The lowest BCUT2D eigenvalue weighted by Crippen LogP contribution is -2.10. The molecule has 0 unspecified atom stereocenters. The highest BCUT2D eigenvalue weighted by Gasteiger charge is 2.15. The molecule has 0 amide bonds. The minimum atomic E-state index is -0.391. The molecule has 0 saturated carbocycles. The molecule has 0 aromatic carbocycles. The fourth-order valence-corrected chi connectivity index (χ4v) is 2.73. The molecule has 1 aromatic heterocycles. The molecule has 0 saturated heterocycles. The van der Waals surface area contributed by atoms with E-state index in [0.717, 1.165) is 4.21 Å². The number of esters is 1. The summed E-state index contributed by atoms with van der Waals surface area (Å²) in [4.78, 5) is 11.7. The Kier molecular flexibility index (Phi) is 3.54. The van der Waals surface area contributed by atoms with Crippen LogP contribution in [0, 0.1) is 5.41 Å². The zero-order valence-corrected chi connectivity index (χ0v) is 9.42. The number of hydrogen-bond donors (Lipinski definition) is 2. The molecule has 0 spiro atoms. The molecule has 76 valence electrons. The van der Waals surface area contributed by atoms with Gasteiger partial charge < -0.3 is 10.5 Å². The maximum Gasteiger partial charge on any atom is 0.348 e. The van der Waals surface area contributed by atoms with Crippen LogP contribution in [0.15, 0.2) is 10.3 Å². The van der Waals surface area contributed by atoms with Gasteiger partial charge in [0.05, 0.1) is 11.3 Å². The Balaban J connectivity index is 3.13. The van der Waals surface area contributed by atoms with E-state index in [1.807, 2.05) is 6.26 Å². The third-order valence-electron chi connectivity index (χ3n) is 1.56. The van der Waals surface area contributed by atoms with E-state index in [-0.39, 0.29) is 5.84 Å². The van der Waals surface area contributed by atoms with E-state index < -0.39 is 5.97 Å². The van der Waals surface area contributed by atoms with Gasteiger partial charge in [0.15, 0.2) is 0 Å². The van der Waals surface area contributed by atoms with Gasteiger partial charge in [-0.2, -0.15) is 0 Å². The molecule has 1 aromatic rings. The number of hydrogen-bond acceptors (Lipinski definition) is 5. The van der Waals surface area contributed by atoms with Crippen LogP contribution in [-0.2, 0) is 4.74 Å². The number of rotatable bonds is 3. The van der Waals surface area contributed by atoms with E-state index in [9.17, 15) is 4.79 Å². The summed E-state index contributed by atoms with van der Waals surface area (Å²) in [6.07, 6.45) is 1.87. The van der Waals surface area contributed by atoms with Gasteiger partial charge >= 0.3 is 5.97 Å². The summed E-state index contributed by atoms with van der Waals surface area (Å²) in [7, 11) is 1.33. The van der Waals surface area contributed by atoms with Gasteiger partial charge in [-0.15, -0.1) is 23.1 Å². The van der Waals surface area contributed by atoms with Crippen molar-refractivity contribution in [1.82, 2.24) is 0 Å². The van der Waals surface area contributed by atoms with Crippen LogP contribution in [0.5, 0.6) is 0 Å². The standard InChI is InChI=1S/C8H10N2O2S2/c1-12-7(11)5-3-4(6(9)10)8(13-2)14-5/h3H,1-2H3,(H3,9,10). The molecule has 0 radical (unpaired) electrons. The lowest BCUT2D eigenvalue weighted by Gasteiger charge is -1.94. The Labute approximate surface area is 90.0 Å². The highest BCUT2D eigenvalue weighted by Crippen LogP contribution is 2.30. The smallest absolute Gasteiger partial charge is 0.348 e. The number of nitrogens with two attached hydrogens (primary N) is 1. The molecule has 0 aliphatic heterocycles. The van der Waals surface area contributed by atoms with Crippen LogP contribution in [0.1, 0.15) is 15.2 Å². The van der Waals surface area contributed by atoms with Gasteiger partial charge in [-0.05, 0) is 12.3 Å². The van der Waals surface area contributed by atoms with Crippen molar-refractivity contribution in [2.24, 2.45) is 5.73 Å². The normalized spacial score (nSPS) is 9.86. The SMILES string of the molecule is COC(=O)c1cc(C(=N)N)c(SC)s1. The number of ether oxygens (including phenoxy) is 1. The number of methoxy groups -OCH3 is 1. The Hall–Kier alpha value is -1.01. The third-order valence-corrected chi connectivity index (χ3v) is 3.81. The van der Waals surface area contributed by atoms with Crippen molar-refractivity contribution >= 4 is 34.9 Å². The Morgan fingerprint density at radius 2 is 2.36 bits per heavy atom. The number of thioether (sulfide) groups is 1. The van der Waals surface area contributed by atoms with E-state index >= 15 is 0 Å². The molecule has 1 heterocycles. The van der Waals surface area contributed by atoms with Gasteiger partial charge in [-0.25, -0.2) is 4.79 Å². The highest BCUT2D eigenvalue weighted by atomic mass is 32.2. The van der Waals surface area contributed by atoms with Crippen LogP contribution < -0.4 is 5.73 Å². The zero-order chi connectivity index (χ0) is 10.7. The van der Waals surface area contributed by atoms with Crippen LogP contribution in [0.4, 0.5) is 0 Å². The van der Waals surface area contributed by atoms with Crippen molar-refractivity contribution in [2.75, 3.05) is 13.4 Å². The summed E-state index contributed by atoms with van der Waals surface area (Å²) in [5.41, 5.74) is 5.97. The van der Waals surface area contributed by atoms with Crippen molar-refractivity contribution in [1.29, 1.82) is 5.41 Å². The summed E-state index contributed by atoms with van der Waals surface area (Å²) in [5, 5.41) is 7.31. The topological polar surface area (TPSA) is 76.2 Å². The third kappa shape index (κ3) is 2.08. The maximum absolute atomic E-state index is 11.2. The van der Waals surface area contributed by atoms with Gasteiger partial charge in [-0.3, -0.25) is 5.41 Å². The lowest BCUT2D eigenvalue weighted by atomic mass is 10.3. The first-order valence-electron chi connectivity index (χ1n) is 3.70. The number of carbonyl (C=O) groups is 1. The van der Waals surface area contributed by atoms with E-state index in [1.54, 1.807) is 6.07 Å². The van der Waals surface area contributed by atoms with Crippen LogP contribution in [0.25, 0.3) is 0 Å². The molecule has 4 nitrogen and oxygen atoms in total. The summed E-state index contributed by atoms with van der Waals surface area (Å²) < 4.78 is 5.44. The number of thiophene rings is 1. The Morgan fingerprint density at radius 1 is 1.71 bits per heavy atom. The average molecular weight is 230 g/mol. The minimum Gasteiger partial charge on any atom is -0.465 e. The van der Waals surface area contributed by atoms with Crippen molar-refractivity contribution in [2.45, 2.75) is 4.21 Å². The first-order valence-corrected chi connectivity index (χ1v) is 5.74. The van der Waals surface area contributed by atoms with Crippen LogP contribution in [0.3, 0.4) is 0 Å². The molecule has 0 aliphatic carbocycles. The van der Waals surface area contributed by atoms with E-state index in [1.165, 1.54) is 30.2 Å². The molecule has 0 fully saturated rings. The molecule has 1 rings (SSSR count). The van der Waals surface area contributed by atoms with Crippen molar-refractivity contribution in [3.05, 3.63) is 16.5 Å². The maximum atomic E-state index is 11.2. The van der Waals surface area contributed by atoms with Gasteiger partial charge in [0, 0.05) is 5.56 Å². The predicted molar refractivity (Wildman–Crippen MR) is 58.5 cm³/mol. The summed E-state index contributed by atoms with van der Waals surface area (Å²) in [5.74, 6) is -0.418. The Bertz CT molecular complexity index is 373. The van der Waals surface area contributed by atoms with Crippen molar-refractivity contribution in [3.63, 3.8) is 0 Å². The monoisotopic (exact) mass is 230 g/mol. The minimum absolute atomic E-state index is 0.0271. The molecule has 3 N–H and O–H groups in total. The van der Waals surface area contributed by atoms with E-state index in [0.29, 0.717) is 10.4 Å².